The molecule has 4 nitrogen and oxygen atoms in total. The molecule has 0 spiro atoms. The molecule has 5 heteroatoms. The highest BCUT2D eigenvalue weighted by molar-refractivity contribution is 6.30. The number of benzene rings is 2. The first-order valence-corrected chi connectivity index (χ1v) is 8.61. The van der Waals surface area contributed by atoms with E-state index in [0.717, 1.165) is 41.0 Å². The summed E-state index contributed by atoms with van der Waals surface area (Å²) in [5, 5.41) is 1.73. The van der Waals surface area contributed by atoms with Crippen molar-refractivity contribution in [3.05, 3.63) is 74.6 Å². The fourth-order valence-corrected chi connectivity index (χ4v) is 3.54. The van der Waals surface area contributed by atoms with Gasteiger partial charge in [0.25, 0.3) is 0 Å². The predicted octanol–water partition coefficient (Wildman–Crippen LogP) is 4.01. The maximum Gasteiger partial charge on any atom is 0.341 e. The molecule has 0 aliphatic carbocycles. The summed E-state index contributed by atoms with van der Waals surface area (Å²) in [4.78, 5) is 14.7. The Balaban J connectivity index is 1.65. The second-order valence-corrected chi connectivity index (χ2v) is 6.73. The van der Waals surface area contributed by atoms with Gasteiger partial charge in [0.1, 0.15) is 11.3 Å². The summed E-state index contributed by atoms with van der Waals surface area (Å²) in [5.74, 6) is 0.691. The largest absolute Gasteiger partial charge is 0.497 e. The van der Waals surface area contributed by atoms with E-state index in [-0.39, 0.29) is 5.63 Å². The summed E-state index contributed by atoms with van der Waals surface area (Å²) in [7, 11) is 1.60. The van der Waals surface area contributed by atoms with Gasteiger partial charge in [-0.1, -0.05) is 23.7 Å². The minimum atomic E-state index is -0.253. The first-order valence-electron chi connectivity index (χ1n) is 8.23. The third kappa shape index (κ3) is 3.15. The molecule has 1 aromatic heterocycles. The molecule has 25 heavy (non-hydrogen) atoms. The van der Waals surface area contributed by atoms with E-state index in [4.69, 9.17) is 20.8 Å². The summed E-state index contributed by atoms with van der Waals surface area (Å²) in [6.45, 7) is 2.29. The van der Waals surface area contributed by atoms with Crippen LogP contribution in [0.4, 0.5) is 0 Å². The lowest BCUT2D eigenvalue weighted by molar-refractivity contribution is 0.241. The monoisotopic (exact) mass is 355 g/mol. The van der Waals surface area contributed by atoms with Crippen molar-refractivity contribution in [3.8, 4) is 5.75 Å². The number of fused-ring (bicyclic) bond motifs is 3. The van der Waals surface area contributed by atoms with Crippen molar-refractivity contribution in [2.24, 2.45) is 0 Å². The maximum atomic E-state index is 12.5. The molecule has 0 unspecified atom stereocenters. The Morgan fingerprint density at radius 2 is 1.96 bits per heavy atom. The number of rotatable bonds is 3. The number of halogens is 1. The van der Waals surface area contributed by atoms with Crippen LogP contribution in [0, 0.1) is 0 Å². The van der Waals surface area contributed by atoms with E-state index in [1.807, 2.05) is 36.4 Å². The number of nitrogens with zero attached hydrogens (tertiary/aromatic N) is 1. The van der Waals surface area contributed by atoms with Gasteiger partial charge in [0, 0.05) is 36.1 Å². The maximum absolute atomic E-state index is 12.5. The van der Waals surface area contributed by atoms with Gasteiger partial charge in [-0.25, -0.2) is 4.79 Å². The van der Waals surface area contributed by atoms with Crippen LogP contribution in [-0.2, 0) is 19.5 Å². The smallest absolute Gasteiger partial charge is 0.341 e. The lowest BCUT2D eigenvalue weighted by Gasteiger charge is -2.28. The molecular weight excluding hydrogens is 338 g/mol. The van der Waals surface area contributed by atoms with Crippen LogP contribution in [0.3, 0.4) is 0 Å². The standard InChI is InChI=1S/C20H18ClNO3/c1-24-15-6-7-17-16-8-9-22(11-13-2-4-14(21)5-3-13)12-18(16)20(23)25-19(17)10-15/h2-7,10H,8-9,11-12H2,1H3. The third-order valence-electron chi connectivity index (χ3n) is 4.71. The SMILES string of the molecule is COc1ccc2c3c(c(=O)oc2c1)CN(Cc1ccc(Cl)cc1)CC3. The number of hydrogen-bond donors (Lipinski definition) is 0. The molecule has 2 heterocycles. The molecule has 4 rings (SSSR count). The van der Waals surface area contributed by atoms with Crippen LogP contribution in [0.15, 0.2) is 51.7 Å². The molecule has 0 bridgehead atoms. The van der Waals surface area contributed by atoms with Gasteiger partial charge in [-0.15, -0.1) is 0 Å². The van der Waals surface area contributed by atoms with E-state index >= 15 is 0 Å². The van der Waals surface area contributed by atoms with Gasteiger partial charge in [-0.3, -0.25) is 4.90 Å². The van der Waals surface area contributed by atoms with Crippen molar-refractivity contribution in [2.45, 2.75) is 19.5 Å². The molecule has 0 fully saturated rings. The summed E-state index contributed by atoms with van der Waals surface area (Å²) in [6, 6.07) is 13.5. The van der Waals surface area contributed by atoms with Crippen LogP contribution in [0.2, 0.25) is 5.02 Å². The number of methoxy groups -OCH3 is 1. The molecule has 0 atom stereocenters. The fraction of sp³-hybridized carbons (Fsp3) is 0.250. The lowest BCUT2D eigenvalue weighted by Crippen LogP contribution is -2.33. The van der Waals surface area contributed by atoms with E-state index in [1.54, 1.807) is 13.2 Å². The van der Waals surface area contributed by atoms with Gasteiger partial charge in [0.2, 0.25) is 0 Å². The molecule has 2 aromatic carbocycles. The zero-order chi connectivity index (χ0) is 17.4. The van der Waals surface area contributed by atoms with Crippen LogP contribution >= 0.6 is 11.6 Å². The molecular formula is C20H18ClNO3. The van der Waals surface area contributed by atoms with Crippen LogP contribution in [0.25, 0.3) is 11.0 Å². The molecule has 0 saturated carbocycles. The third-order valence-corrected chi connectivity index (χ3v) is 4.96. The Kier molecular flexibility index (Phi) is 4.24. The summed E-state index contributed by atoms with van der Waals surface area (Å²) in [5.41, 5.74) is 3.38. The Labute approximate surface area is 150 Å². The Morgan fingerprint density at radius 3 is 2.72 bits per heavy atom. The Morgan fingerprint density at radius 1 is 1.16 bits per heavy atom. The number of ether oxygens (including phenoxy) is 1. The number of hydrogen-bond acceptors (Lipinski definition) is 4. The highest BCUT2D eigenvalue weighted by Crippen LogP contribution is 2.28. The molecule has 128 valence electrons. The normalized spacial score (nSPS) is 14.5. The quantitative estimate of drug-likeness (QED) is 0.666. The van der Waals surface area contributed by atoms with Crippen molar-refractivity contribution in [1.29, 1.82) is 0 Å². The highest BCUT2D eigenvalue weighted by Gasteiger charge is 2.23. The lowest BCUT2D eigenvalue weighted by atomic mass is 9.97. The van der Waals surface area contributed by atoms with Gasteiger partial charge in [0.05, 0.1) is 12.7 Å². The van der Waals surface area contributed by atoms with E-state index in [0.29, 0.717) is 17.9 Å². The second-order valence-electron chi connectivity index (χ2n) is 6.30. The molecule has 0 amide bonds. The van der Waals surface area contributed by atoms with E-state index in [1.165, 1.54) is 5.56 Å². The van der Waals surface area contributed by atoms with E-state index in [2.05, 4.69) is 4.90 Å². The minimum absolute atomic E-state index is 0.253. The van der Waals surface area contributed by atoms with Crippen LogP contribution in [0.5, 0.6) is 5.75 Å². The van der Waals surface area contributed by atoms with Crippen LogP contribution in [-0.4, -0.2) is 18.6 Å². The van der Waals surface area contributed by atoms with Gasteiger partial charge in [-0.05, 0) is 41.8 Å². The van der Waals surface area contributed by atoms with E-state index < -0.39 is 0 Å². The topological polar surface area (TPSA) is 42.7 Å². The zero-order valence-electron chi connectivity index (χ0n) is 13.9. The van der Waals surface area contributed by atoms with E-state index in [9.17, 15) is 4.79 Å². The summed E-state index contributed by atoms with van der Waals surface area (Å²) in [6.07, 6.45) is 0.831. The molecule has 0 radical (unpaired) electrons. The molecule has 1 aliphatic heterocycles. The van der Waals surface area contributed by atoms with Gasteiger partial charge in [-0.2, -0.15) is 0 Å². The van der Waals surface area contributed by atoms with Crippen molar-refractivity contribution in [1.82, 2.24) is 4.90 Å². The average Bonchev–Trinajstić information content (AvgIpc) is 2.63. The van der Waals surface area contributed by atoms with Gasteiger partial charge < -0.3 is 9.15 Å². The second kappa shape index (κ2) is 6.54. The summed E-state index contributed by atoms with van der Waals surface area (Å²) >= 11 is 5.94. The van der Waals surface area contributed by atoms with Crippen molar-refractivity contribution in [2.75, 3.05) is 13.7 Å². The Hall–Kier alpha value is -2.30. The first-order chi connectivity index (χ1) is 12.1. The van der Waals surface area contributed by atoms with Crippen LogP contribution in [0.1, 0.15) is 16.7 Å². The van der Waals surface area contributed by atoms with Crippen LogP contribution < -0.4 is 10.4 Å². The minimum Gasteiger partial charge on any atom is -0.497 e. The van der Waals surface area contributed by atoms with Gasteiger partial charge in [0.15, 0.2) is 0 Å². The fourth-order valence-electron chi connectivity index (χ4n) is 3.41. The molecule has 0 saturated heterocycles. The predicted molar refractivity (Wildman–Crippen MR) is 98.3 cm³/mol. The Bertz CT molecular complexity index is 979. The molecule has 0 N–H and O–H groups in total. The van der Waals surface area contributed by atoms with Gasteiger partial charge >= 0.3 is 5.63 Å². The van der Waals surface area contributed by atoms with Crippen molar-refractivity contribution >= 4 is 22.6 Å². The average molecular weight is 356 g/mol. The first kappa shape index (κ1) is 16.2. The summed E-state index contributed by atoms with van der Waals surface area (Å²) < 4.78 is 10.8. The molecule has 3 aromatic rings. The highest BCUT2D eigenvalue weighted by atomic mass is 35.5. The zero-order valence-corrected chi connectivity index (χ0v) is 14.7. The molecule has 1 aliphatic rings. The van der Waals surface area contributed by atoms with Crippen molar-refractivity contribution < 1.29 is 9.15 Å². The van der Waals surface area contributed by atoms with Crippen molar-refractivity contribution in [3.63, 3.8) is 0 Å².